The molecule has 0 aliphatic carbocycles. The highest BCUT2D eigenvalue weighted by Crippen LogP contribution is 2.20. The van der Waals surface area contributed by atoms with Crippen LogP contribution in [0.15, 0.2) is 60.7 Å². The molecule has 1 atom stereocenters. The Labute approximate surface area is 168 Å². The Balaban J connectivity index is 1.48. The van der Waals surface area contributed by atoms with Crippen molar-refractivity contribution >= 4 is 35.4 Å². The summed E-state index contributed by atoms with van der Waals surface area (Å²) in [5.74, 6) is -1.44. The van der Waals surface area contributed by atoms with Crippen molar-refractivity contribution in [2.45, 2.75) is 13.0 Å². The predicted molar refractivity (Wildman–Crippen MR) is 107 cm³/mol. The average molecular weight is 398 g/mol. The van der Waals surface area contributed by atoms with E-state index in [0.29, 0.717) is 23.7 Å². The second kappa shape index (κ2) is 9.19. The van der Waals surface area contributed by atoms with Crippen LogP contribution in [-0.4, -0.2) is 29.2 Å². The quantitative estimate of drug-likeness (QED) is 0.601. The highest BCUT2D eigenvalue weighted by Gasteiger charge is 2.34. The van der Waals surface area contributed by atoms with E-state index in [1.165, 1.54) is 6.08 Å². The number of carbonyl (C=O) groups is 3. The second-order valence-corrected chi connectivity index (χ2v) is 6.90. The molecule has 1 aliphatic rings. The summed E-state index contributed by atoms with van der Waals surface area (Å²) in [7, 11) is 0. The van der Waals surface area contributed by atoms with Gasteiger partial charge in [-0.05, 0) is 23.3 Å². The number of carbonyl (C=O) groups excluding carboxylic acids is 3. The monoisotopic (exact) mass is 397 g/mol. The Bertz CT molecular complexity index is 899. The molecular weight excluding hydrogens is 378 g/mol. The van der Waals surface area contributed by atoms with Crippen LogP contribution in [0.3, 0.4) is 0 Å². The SMILES string of the molecule is O=C(/C=C/c1ccccc1Cl)NNC(=O)C1CC(=O)N(Cc2ccccc2)C1. The normalized spacial score (nSPS) is 16.4. The molecule has 28 heavy (non-hydrogen) atoms. The van der Waals surface area contributed by atoms with Gasteiger partial charge in [-0.15, -0.1) is 0 Å². The summed E-state index contributed by atoms with van der Waals surface area (Å²) in [6, 6.07) is 16.7. The van der Waals surface area contributed by atoms with Gasteiger partial charge in [0, 0.05) is 30.6 Å². The minimum atomic E-state index is -0.496. The Morgan fingerprint density at radius 1 is 1.07 bits per heavy atom. The largest absolute Gasteiger partial charge is 0.338 e. The van der Waals surface area contributed by atoms with Crippen molar-refractivity contribution in [3.63, 3.8) is 0 Å². The lowest BCUT2D eigenvalue weighted by atomic mass is 10.1. The lowest BCUT2D eigenvalue weighted by Gasteiger charge is -2.16. The Hall–Kier alpha value is -3.12. The summed E-state index contributed by atoms with van der Waals surface area (Å²) in [5, 5.41) is 0.526. The number of nitrogens with one attached hydrogen (secondary N) is 2. The molecule has 144 valence electrons. The van der Waals surface area contributed by atoms with Crippen molar-refractivity contribution in [1.29, 1.82) is 0 Å². The van der Waals surface area contributed by atoms with Gasteiger partial charge in [0.15, 0.2) is 0 Å². The van der Waals surface area contributed by atoms with E-state index in [-0.39, 0.29) is 18.2 Å². The Morgan fingerprint density at radius 2 is 1.79 bits per heavy atom. The van der Waals surface area contributed by atoms with Crippen LogP contribution >= 0.6 is 11.6 Å². The number of hydrazine groups is 1. The van der Waals surface area contributed by atoms with Gasteiger partial charge < -0.3 is 4.90 Å². The maximum atomic E-state index is 12.3. The molecule has 2 N–H and O–H groups in total. The van der Waals surface area contributed by atoms with E-state index in [4.69, 9.17) is 11.6 Å². The fourth-order valence-electron chi connectivity index (χ4n) is 2.95. The maximum Gasteiger partial charge on any atom is 0.262 e. The molecule has 6 nitrogen and oxygen atoms in total. The summed E-state index contributed by atoms with van der Waals surface area (Å²) in [4.78, 5) is 38.0. The number of likely N-dealkylation sites (tertiary alicyclic amines) is 1. The minimum Gasteiger partial charge on any atom is -0.338 e. The fraction of sp³-hybridized carbons (Fsp3) is 0.190. The zero-order valence-electron chi connectivity index (χ0n) is 15.1. The van der Waals surface area contributed by atoms with Crippen LogP contribution in [0.2, 0.25) is 5.02 Å². The van der Waals surface area contributed by atoms with Gasteiger partial charge in [-0.3, -0.25) is 25.2 Å². The zero-order valence-corrected chi connectivity index (χ0v) is 15.9. The van der Waals surface area contributed by atoms with Gasteiger partial charge in [0.25, 0.3) is 5.91 Å². The fourth-order valence-corrected chi connectivity index (χ4v) is 3.15. The van der Waals surface area contributed by atoms with E-state index in [9.17, 15) is 14.4 Å². The number of halogens is 1. The molecule has 1 heterocycles. The van der Waals surface area contributed by atoms with Crippen LogP contribution in [0.5, 0.6) is 0 Å². The molecule has 1 saturated heterocycles. The maximum absolute atomic E-state index is 12.3. The van der Waals surface area contributed by atoms with E-state index < -0.39 is 11.8 Å². The van der Waals surface area contributed by atoms with Crippen LogP contribution in [0, 0.1) is 5.92 Å². The predicted octanol–water partition coefficient (Wildman–Crippen LogP) is 2.55. The first-order chi connectivity index (χ1) is 13.5. The molecule has 0 bridgehead atoms. The highest BCUT2D eigenvalue weighted by molar-refractivity contribution is 6.32. The van der Waals surface area contributed by atoms with Gasteiger partial charge >= 0.3 is 0 Å². The number of rotatable bonds is 5. The van der Waals surface area contributed by atoms with Crippen molar-refractivity contribution in [3.05, 3.63) is 76.8 Å². The molecule has 1 fully saturated rings. The molecule has 0 aromatic heterocycles. The molecule has 0 saturated carbocycles. The van der Waals surface area contributed by atoms with Crippen LogP contribution in [-0.2, 0) is 20.9 Å². The van der Waals surface area contributed by atoms with Crippen molar-refractivity contribution in [2.24, 2.45) is 5.92 Å². The van der Waals surface area contributed by atoms with Gasteiger partial charge in [-0.25, -0.2) is 0 Å². The van der Waals surface area contributed by atoms with E-state index in [0.717, 1.165) is 5.56 Å². The van der Waals surface area contributed by atoms with E-state index in [1.807, 2.05) is 36.4 Å². The third-order valence-corrected chi connectivity index (χ3v) is 4.77. The molecular formula is C21H20ClN3O3. The molecule has 2 aromatic rings. The molecule has 2 aromatic carbocycles. The third kappa shape index (κ3) is 5.20. The zero-order chi connectivity index (χ0) is 19.9. The van der Waals surface area contributed by atoms with E-state index in [1.54, 1.807) is 29.2 Å². The standard InChI is InChI=1S/C21H20ClN3O3/c22-18-9-5-4-8-16(18)10-11-19(26)23-24-21(28)17-12-20(27)25(14-17)13-15-6-2-1-3-7-15/h1-11,17H,12-14H2,(H,23,26)(H,24,28)/b11-10+. The average Bonchev–Trinajstić information content (AvgIpc) is 3.06. The lowest BCUT2D eigenvalue weighted by Crippen LogP contribution is -2.44. The molecule has 0 spiro atoms. The Morgan fingerprint density at radius 3 is 2.54 bits per heavy atom. The summed E-state index contributed by atoms with van der Waals surface area (Å²) >= 11 is 6.02. The smallest absolute Gasteiger partial charge is 0.262 e. The van der Waals surface area contributed by atoms with Crippen LogP contribution < -0.4 is 10.9 Å². The second-order valence-electron chi connectivity index (χ2n) is 6.49. The first-order valence-corrected chi connectivity index (χ1v) is 9.25. The molecule has 0 radical (unpaired) electrons. The summed E-state index contributed by atoms with van der Waals surface area (Å²) < 4.78 is 0. The van der Waals surface area contributed by atoms with Crippen LogP contribution in [0.25, 0.3) is 6.08 Å². The molecule has 1 unspecified atom stereocenters. The number of amides is 3. The van der Waals surface area contributed by atoms with Gasteiger partial charge in [-0.2, -0.15) is 0 Å². The van der Waals surface area contributed by atoms with Crippen LogP contribution in [0.4, 0.5) is 0 Å². The van der Waals surface area contributed by atoms with Gasteiger partial charge in [0.05, 0.1) is 5.92 Å². The van der Waals surface area contributed by atoms with E-state index >= 15 is 0 Å². The minimum absolute atomic E-state index is 0.0751. The topological polar surface area (TPSA) is 78.5 Å². The number of hydrogen-bond acceptors (Lipinski definition) is 3. The number of nitrogens with zero attached hydrogens (tertiary/aromatic N) is 1. The summed E-state index contributed by atoms with van der Waals surface area (Å²) in [6.07, 6.45) is 2.97. The van der Waals surface area contributed by atoms with Gasteiger partial charge in [-0.1, -0.05) is 60.1 Å². The molecule has 1 aliphatic heterocycles. The van der Waals surface area contributed by atoms with Crippen molar-refractivity contribution in [3.8, 4) is 0 Å². The third-order valence-electron chi connectivity index (χ3n) is 4.43. The lowest BCUT2D eigenvalue weighted by molar-refractivity contribution is -0.130. The molecule has 7 heteroatoms. The first kappa shape index (κ1) is 19.6. The summed E-state index contributed by atoms with van der Waals surface area (Å²) in [5.41, 5.74) is 6.42. The van der Waals surface area contributed by atoms with Gasteiger partial charge in [0.1, 0.15) is 0 Å². The first-order valence-electron chi connectivity index (χ1n) is 8.87. The summed E-state index contributed by atoms with van der Waals surface area (Å²) in [6.45, 7) is 0.793. The van der Waals surface area contributed by atoms with Crippen molar-refractivity contribution in [2.75, 3.05) is 6.54 Å². The van der Waals surface area contributed by atoms with Gasteiger partial charge in [0.2, 0.25) is 11.8 Å². The van der Waals surface area contributed by atoms with Crippen LogP contribution in [0.1, 0.15) is 17.5 Å². The van der Waals surface area contributed by atoms with E-state index in [2.05, 4.69) is 10.9 Å². The molecule has 3 rings (SSSR count). The van der Waals surface area contributed by atoms with Crippen molar-refractivity contribution < 1.29 is 14.4 Å². The molecule has 3 amide bonds. The number of benzene rings is 2. The highest BCUT2D eigenvalue weighted by atomic mass is 35.5. The number of hydrogen-bond donors (Lipinski definition) is 2. The van der Waals surface area contributed by atoms with Crippen molar-refractivity contribution in [1.82, 2.24) is 15.8 Å². The Kier molecular flexibility index (Phi) is 6.45.